The Morgan fingerprint density at radius 2 is 1.96 bits per heavy atom. The Hall–Kier alpha value is -2.40. The molecular formula is C21H27N3O2. The van der Waals surface area contributed by atoms with Gasteiger partial charge in [0, 0.05) is 30.5 Å². The third kappa shape index (κ3) is 5.30. The molecule has 2 aromatic rings. The molecule has 1 fully saturated rings. The SMILES string of the molecule is CC1(C)CNCCC(NC(=O)c2ccc(OCc3ccncc3)cc2)C1. The largest absolute Gasteiger partial charge is 0.489 e. The molecule has 1 amide bonds. The number of carbonyl (C=O) groups is 1. The zero-order valence-corrected chi connectivity index (χ0v) is 15.5. The quantitative estimate of drug-likeness (QED) is 0.867. The molecule has 1 unspecified atom stereocenters. The maximum Gasteiger partial charge on any atom is 0.251 e. The fourth-order valence-electron chi connectivity index (χ4n) is 3.28. The van der Waals surface area contributed by atoms with Gasteiger partial charge in [-0.1, -0.05) is 13.8 Å². The van der Waals surface area contributed by atoms with E-state index in [1.807, 2.05) is 36.4 Å². The number of benzene rings is 1. The van der Waals surface area contributed by atoms with Crippen LogP contribution in [0.5, 0.6) is 5.75 Å². The molecule has 5 heteroatoms. The van der Waals surface area contributed by atoms with Crippen LogP contribution >= 0.6 is 0 Å². The van der Waals surface area contributed by atoms with Gasteiger partial charge in [-0.3, -0.25) is 9.78 Å². The van der Waals surface area contributed by atoms with E-state index in [-0.39, 0.29) is 17.4 Å². The van der Waals surface area contributed by atoms with Crippen LogP contribution in [0.25, 0.3) is 0 Å². The summed E-state index contributed by atoms with van der Waals surface area (Å²) in [5.74, 6) is 0.728. The van der Waals surface area contributed by atoms with Gasteiger partial charge in [-0.25, -0.2) is 0 Å². The standard InChI is InChI=1S/C21H27N3O2/c1-21(2)13-18(9-12-23-15-21)24-20(25)17-3-5-19(6-4-17)26-14-16-7-10-22-11-8-16/h3-8,10-11,18,23H,9,12-15H2,1-2H3,(H,24,25). The van der Waals surface area contributed by atoms with Crippen molar-refractivity contribution >= 4 is 5.91 Å². The predicted octanol–water partition coefficient (Wildman–Crippen LogP) is 3.17. The van der Waals surface area contributed by atoms with E-state index in [9.17, 15) is 4.79 Å². The summed E-state index contributed by atoms with van der Waals surface area (Å²) >= 11 is 0. The van der Waals surface area contributed by atoms with Gasteiger partial charge < -0.3 is 15.4 Å². The number of nitrogens with one attached hydrogen (secondary N) is 2. The Morgan fingerprint density at radius 1 is 1.23 bits per heavy atom. The number of hydrogen-bond acceptors (Lipinski definition) is 4. The van der Waals surface area contributed by atoms with E-state index < -0.39 is 0 Å². The molecule has 0 aliphatic carbocycles. The highest BCUT2D eigenvalue weighted by atomic mass is 16.5. The first-order valence-corrected chi connectivity index (χ1v) is 9.15. The number of ether oxygens (including phenoxy) is 1. The topological polar surface area (TPSA) is 63.2 Å². The summed E-state index contributed by atoms with van der Waals surface area (Å²) < 4.78 is 5.75. The van der Waals surface area contributed by atoms with Gasteiger partial charge in [-0.15, -0.1) is 0 Å². The van der Waals surface area contributed by atoms with Gasteiger partial charge in [-0.2, -0.15) is 0 Å². The van der Waals surface area contributed by atoms with Crippen LogP contribution in [0.2, 0.25) is 0 Å². The lowest BCUT2D eigenvalue weighted by atomic mass is 9.86. The molecule has 0 bridgehead atoms. The average molecular weight is 353 g/mol. The molecule has 1 aromatic heterocycles. The van der Waals surface area contributed by atoms with Crippen LogP contribution in [-0.2, 0) is 6.61 Å². The summed E-state index contributed by atoms with van der Waals surface area (Å²) in [6.45, 7) is 6.88. The maximum atomic E-state index is 12.5. The predicted molar refractivity (Wildman–Crippen MR) is 102 cm³/mol. The lowest BCUT2D eigenvalue weighted by Crippen LogP contribution is -2.37. The Kier molecular flexibility index (Phi) is 5.89. The van der Waals surface area contributed by atoms with Gasteiger partial charge in [-0.05, 0) is 66.8 Å². The summed E-state index contributed by atoms with van der Waals surface area (Å²) in [5, 5.41) is 6.63. The third-order valence-corrected chi connectivity index (χ3v) is 4.68. The van der Waals surface area contributed by atoms with Crippen LogP contribution < -0.4 is 15.4 Å². The lowest BCUT2D eigenvalue weighted by molar-refractivity contribution is 0.0927. The maximum absolute atomic E-state index is 12.5. The lowest BCUT2D eigenvalue weighted by Gasteiger charge is -2.26. The van der Waals surface area contributed by atoms with Gasteiger partial charge in [0.05, 0.1) is 0 Å². The zero-order chi connectivity index (χ0) is 18.4. The van der Waals surface area contributed by atoms with Crippen LogP contribution in [0.4, 0.5) is 0 Å². The van der Waals surface area contributed by atoms with E-state index >= 15 is 0 Å². The molecule has 0 spiro atoms. The average Bonchev–Trinajstić information content (AvgIpc) is 2.81. The minimum Gasteiger partial charge on any atom is -0.489 e. The highest BCUT2D eigenvalue weighted by Gasteiger charge is 2.27. The molecule has 2 N–H and O–H groups in total. The zero-order valence-electron chi connectivity index (χ0n) is 15.5. The van der Waals surface area contributed by atoms with Gasteiger partial charge in [0.15, 0.2) is 0 Å². The van der Waals surface area contributed by atoms with Crippen LogP contribution in [0.3, 0.4) is 0 Å². The van der Waals surface area contributed by atoms with Gasteiger partial charge in [0.2, 0.25) is 0 Å². The molecule has 1 aliphatic heterocycles. The molecule has 2 heterocycles. The van der Waals surface area contributed by atoms with E-state index in [1.54, 1.807) is 12.4 Å². The van der Waals surface area contributed by atoms with Crippen LogP contribution in [0.1, 0.15) is 42.6 Å². The van der Waals surface area contributed by atoms with E-state index in [0.717, 1.165) is 37.2 Å². The normalized spacial score (nSPS) is 19.4. The van der Waals surface area contributed by atoms with E-state index in [0.29, 0.717) is 12.2 Å². The van der Waals surface area contributed by atoms with Crippen molar-refractivity contribution in [1.82, 2.24) is 15.6 Å². The van der Waals surface area contributed by atoms with E-state index in [1.165, 1.54) is 0 Å². The second-order valence-electron chi connectivity index (χ2n) is 7.67. The molecule has 1 atom stereocenters. The van der Waals surface area contributed by atoms with Crippen molar-refractivity contribution in [2.75, 3.05) is 13.1 Å². The number of pyridine rings is 1. The highest BCUT2D eigenvalue weighted by Crippen LogP contribution is 2.25. The molecule has 0 radical (unpaired) electrons. The summed E-state index contributed by atoms with van der Waals surface area (Å²) in [7, 11) is 0. The fraction of sp³-hybridized carbons (Fsp3) is 0.429. The van der Waals surface area contributed by atoms with Gasteiger partial charge in [0.1, 0.15) is 12.4 Å². The third-order valence-electron chi connectivity index (χ3n) is 4.68. The van der Waals surface area contributed by atoms with E-state index in [4.69, 9.17) is 4.74 Å². The second-order valence-corrected chi connectivity index (χ2v) is 7.67. The smallest absolute Gasteiger partial charge is 0.251 e. The second kappa shape index (κ2) is 8.32. The van der Waals surface area contributed by atoms with Crippen molar-refractivity contribution in [3.05, 3.63) is 59.9 Å². The van der Waals surface area contributed by atoms with Crippen molar-refractivity contribution < 1.29 is 9.53 Å². The molecule has 3 rings (SSSR count). The molecular weight excluding hydrogens is 326 g/mol. The Labute approximate surface area is 155 Å². The molecule has 5 nitrogen and oxygen atoms in total. The first-order valence-electron chi connectivity index (χ1n) is 9.15. The molecule has 0 saturated carbocycles. The van der Waals surface area contributed by atoms with Gasteiger partial charge >= 0.3 is 0 Å². The minimum atomic E-state index is -0.0200. The summed E-state index contributed by atoms with van der Waals surface area (Å²) in [4.78, 5) is 16.5. The number of amides is 1. The fourth-order valence-corrected chi connectivity index (χ4v) is 3.28. The minimum absolute atomic E-state index is 0.0200. The molecule has 138 valence electrons. The Bertz CT molecular complexity index is 714. The number of rotatable bonds is 5. The number of nitrogens with zero attached hydrogens (tertiary/aromatic N) is 1. The number of carbonyl (C=O) groups excluding carboxylic acids is 1. The van der Waals surface area contributed by atoms with Crippen molar-refractivity contribution in [3.63, 3.8) is 0 Å². The Morgan fingerprint density at radius 3 is 2.69 bits per heavy atom. The first-order chi connectivity index (χ1) is 12.5. The van der Waals surface area contributed by atoms with E-state index in [2.05, 4.69) is 29.5 Å². The number of hydrogen-bond donors (Lipinski definition) is 2. The van der Waals surface area contributed by atoms with Crippen molar-refractivity contribution in [2.45, 2.75) is 39.3 Å². The summed E-state index contributed by atoms with van der Waals surface area (Å²) in [6, 6.07) is 11.4. The molecule has 1 aliphatic rings. The van der Waals surface area contributed by atoms with Crippen LogP contribution in [0.15, 0.2) is 48.8 Å². The molecule has 1 aromatic carbocycles. The monoisotopic (exact) mass is 353 g/mol. The molecule has 26 heavy (non-hydrogen) atoms. The summed E-state index contributed by atoms with van der Waals surface area (Å²) in [6.07, 6.45) is 5.44. The molecule has 1 saturated heterocycles. The van der Waals surface area contributed by atoms with Crippen LogP contribution in [-0.4, -0.2) is 30.0 Å². The highest BCUT2D eigenvalue weighted by molar-refractivity contribution is 5.94. The number of aromatic nitrogens is 1. The Balaban J connectivity index is 1.55. The summed E-state index contributed by atoms with van der Waals surface area (Å²) in [5.41, 5.74) is 1.92. The van der Waals surface area contributed by atoms with Crippen LogP contribution in [0, 0.1) is 5.41 Å². The van der Waals surface area contributed by atoms with Gasteiger partial charge in [0.25, 0.3) is 5.91 Å². The first kappa shape index (κ1) is 18.4. The van der Waals surface area contributed by atoms with Crippen molar-refractivity contribution in [3.8, 4) is 5.75 Å². The van der Waals surface area contributed by atoms with Crippen molar-refractivity contribution in [1.29, 1.82) is 0 Å². The van der Waals surface area contributed by atoms with Crippen molar-refractivity contribution in [2.24, 2.45) is 5.41 Å².